The number of nitrogens with zero attached hydrogens (tertiary/aromatic N) is 1. The van der Waals surface area contributed by atoms with Crippen LogP contribution in [0.3, 0.4) is 0 Å². The predicted molar refractivity (Wildman–Crippen MR) is 146 cm³/mol. The molecule has 0 N–H and O–H groups in total. The summed E-state index contributed by atoms with van der Waals surface area (Å²) < 4.78 is 0. The third-order valence-corrected chi connectivity index (χ3v) is 7.39. The molecule has 1 aliphatic heterocycles. The van der Waals surface area contributed by atoms with Crippen molar-refractivity contribution in [1.82, 2.24) is 4.90 Å². The summed E-state index contributed by atoms with van der Waals surface area (Å²) in [5, 5.41) is 0. The quantitative estimate of drug-likeness (QED) is 0.266. The van der Waals surface area contributed by atoms with Crippen molar-refractivity contribution < 1.29 is 9.59 Å². The van der Waals surface area contributed by atoms with Gasteiger partial charge in [-0.3, -0.25) is 9.59 Å². The summed E-state index contributed by atoms with van der Waals surface area (Å²) in [4.78, 5) is 28.9. The average molecular weight is 474 g/mol. The molecule has 0 aromatic heterocycles. The normalized spacial score (nSPS) is 17.5. The van der Waals surface area contributed by atoms with Crippen LogP contribution in [0, 0.1) is 18.3 Å². The highest BCUT2D eigenvalue weighted by atomic mass is 16.2. The summed E-state index contributed by atoms with van der Waals surface area (Å²) in [5.41, 5.74) is 4.32. The van der Waals surface area contributed by atoms with Gasteiger partial charge in [-0.15, -0.1) is 0 Å². The zero-order chi connectivity index (χ0) is 25.4. The molecule has 1 saturated heterocycles. The third-order valence-electron chi connectivity index (χ3n) is 7.39. The van der Waals surface area contributed by atoms with E-state index in [0.717, 1.165) is 56.2 Å². The summed E-state index contributed by atoms with van der Waals surface area (Å²) in [7, 11) is 0. The van der Waals surface area contributed by atoms with Gasteiger partial charge in [-0.1, -0.05) is 87.4 Å². The lowest BCUT2D eigenvalue weighted by Gasteiger charge is -2.35. The number of hydrogen-bond acceptors (Lipinski definition) is 2. The smallest absolute Gasteiger partial charge is 0.226 e. The highest BCUT2D eigenvalue weighted by molar-refractivity contribution is 5.99. The number of unbranched alkanes of at least 4 members (excludes halogenated alkanes) is 1. The average Bonchev–Trinajstić information content (AvgIpc) is 3.29. The van der Waals surface area contributed by atoms with E-state index in [0.29, 0.717) is 6.04 Å². The van der Waals surface area contributed by atoms with Crippen molar-refractivity contribution in [3.8, 4) is 0 Å². The summed E-state index contributed by atoms with van der Waals surface area (Å²) in [6.45, 7) is 11.1. The molecule has 1 aliphatic rings. The van der Waals surface area contributed by atoms with Gasteiger partial charge in [0.15, 0.2) is 5.78 Å². The maximum absolute atomic E-state index is 13.7. The summed E-state index contributed by atoms with van der Waals surface area (Å²) in [6.07, 6.45) is 8.54. The first-order valence-corrected chi connectivity index (χ1v) is 13.3. The number of likely N-dealkylation sites (tertiary alicyclic amines) is 1. The van der Waals surface area contributed by atoms with Crippen molar-refractivity contribution in [2.75, 3.05) is 6.54 Å². The molecule has 1 unspecified atom stereocenters. The second kappa shape index (κ2) is 12.3. The molecule has 3 heteroatoms. The maximum Gasteiger partial charge on any atom is 0.226 e. The van der Waals surface area contributed by atoms with E-state index in [9.17, 15) is 9.59 Å². The number of carbonyl (C=O) groups excluding carboxylic acids is 2. The highest BCUT2D eigenvalue weighted by Gasteiger charge is 2.39. The Kier molecular flexibility index (Phi) is 9.48. The van der Waals surface area contributed by atoms with Crippen molar-refractivity contribution in [1.29, 1.82) is 0 Å². The standard InChI is InChI=1S/C32H43NO2/c1-24-17-19-27(20-18-24)25(2)22-29(34)23-30(32(3,4)5)31(35)33-21-11-16-28(33)15-10-9-14-26-12-7-6-8-13-26/h6-8,12-13,17-20,22,28,30H,9-11,14-16,21,23H2,1-5H3/b25-22+/t28?,30-/m1/s1. The van der Waals surface area contributed by atoms with E-state index >= 15 is 0 Å². The molecule has 0 spiro atoms. The maximum atomic E-state index is 13.7. The van der Waals surface area contributed by atoms with E-state index < -0.39 is 0 Å². The van der Waals surface area contributed by atoms with Gasteiger partial charge in [0.25, 0.3) is 0 Å². The van der Waals surface area contributed by atoms with E-state index in [4.69, 9.17) is 0 Å². The zero-order valence-corrected chi connectivity index (χ0v) is 22.3. The fourth-order valence-corrected chi connectivity index (χ4v) is 5.15. The minimum absolute atomic E-state index is 0.0370. The SMILES string of the molecule is C/C(=C\C(=O)C[C@H](C(=O)N1CCCC1CCCCc1ccccc1)C(C)(C)C)c1ccc(C)cc1. The van der Waals surface area contributed by atoms with Gasteiger partial charge in [-0.25, -0.2) is 0 Å². The van der Waals surface area contributed by atoms with Gasteiger partial charge in [0.2, 0.25) is 5.91 Å². The molecule has 0 aliphatic carbocycles. The van der Waals surface area contributed by atoms with Gasteiger partial charge >= 0.3 is 0 Å². The minimum Gasteiger partial charge on any atom is -0.339 e. The van der Waals surface area contributed by atoms with Crippen LogP contribution in [0.1, 0.15) is 82.9 Å². The molecule has 1 heterocycles. The number of carbonyl (C=O) groups is 2. The summed E-state index contributed by atoms with van der Waals surface area (Å²) in [6, 6.07) is 19.1. The minimum atomic E-state index is -0.304. The van der Waals surface area contributed by atoms with Gasteiger partial charge in [-0.05, 0) is 74.1 Å². The van der Waals surface area contributed by atoms with Crippen LogP contribution >= 0.6 is 0 Å². The first kappa shape index (κ1) is 26.9. The van der Waals surface area contributed by atoms with Crippen molar-refractivity contribution in [2.45, 2.75) is 85.6 Å². The molecule has 2 aromatic carbocycles. The first-order valence-electron chi connectivity index (χ1n) is 13.3. The van der Waals surface area contributed by atoms with E-state index in [1.165, 1.54) is 11.1 Å². The highest BCUT2D eigenvalue weighted by Crippen LogP contribution is 2.34. The van der Waals surface area contributed by atoms with Gasteiger partial charge in [0.1, 0.15) is 0 Å². The number of benzene rings is 2. The lowest BCUT2D eigenvalue weighted by molar-refractivity contribution is -0.142. The van der Waals surface area contributed by atoms with Crippen LogP contribution in [-0.2, 0) is 16.0 Å². The number of rotatable bonds is 10. The van der Waals surface area contributed by atoms with E-state index in [1.54, 1.807) is 6.08 Å². The molecule has 0 bridgehead atoms. The zero-order valence-electron chi connectivity index (χ0n) is 22.3. The van der Waals surface area contributed by atoms with Crippen LogP contribution in [0.15, 0.2) is 60.7 Å². The number of hydrogen-bond donors (Lipinski definition) is 0. The van der Waals surface area contributed by atoms with E-state index in [-0.39, 0.29) is 29.4 Å². The molecule has 35 heavy (non-hydrogen) atoms. The Morgan fingerprint density at radius 2 is 1.71 bits per heavy atom. The van der Waals surface area contributed by atoms with Gasteiger partial charge in [0, 0.05) is 19.0 Å². The Balaban J connectivity index is 1.61. The molecule has 2 atom stereocenters. The van der Waals surface area contributed by atoms with Crippen LogP contribution in [0.2, 0.25) is 0 Å². The number of aryl methyl sites for hydroxylation is 2. The molecule has 188 valence electrons. The van der Waals surface area contributed by atoms with Crippen molar-refractivity contribution in [2.24, 2.45) is 11.3 Å². The number of amides is 1. The van der Waals surface area contributed by atoms with Gasteiger partial charge in [0.05, 0.1) is 5.92 Å². The van der Waals surface area contributed by atoms with Crippen LogP contribution in [-0.4, -0.2) is 29.2 Å². The lowest BCUT2D eigenvalue weighted by Crippen LogP contribution is -2.44. The Morgan fingerprint density at radius 3 is 2.37 bits per heavy atom. The molecular weight excluding hydrogens is 430 g/mol. The summed E-state index contributed by atoms with van der Waals surface area (Å²) >= 11 is 0. The number of allylic oxidation sites excluding steroid dienone is 2. The van der Waals surface area contributed by atoms with Crippen LogP contribution in [0.5, 0.6) is 0 Å². The molecule has 0 saturated carbocycles. The van der Waals surface area contributed by atoms with E-state index in [2.05, 4.69) is 75.1 Å². The molecule has 3 rings (SSSR count). The Hall–Kier alpha value is -2.68. The number of ketones is 1. The van der Waals surface area contributed by atoms with Crippen LogP contribution in [0.25, 0.3) is 5.57 Å². The first-order chi connectivity index (χ1) is 16.6. The Bertz CT molecular complexity index is 998. The van der Waals surface area contributed by atoms with Crippen molar-refractivity contribution >= 4 is 17.3 Å². The second-order valence-corrected chi connectivity index (χ2v) is 11.3. The fraction of sp³-hybridized carbons (Fsp3) is 0.500. The predicted octanol–water partition coefficient (Wildman–Crippen LogP) is 7.42. The molecule has 1 fully saturated rings. The molecule has 3 nitrogen and oxygen atoms in total. The fourth-order valence-electron chi connectivity index (χ4n) is 5.15. The van der Waals surface area contributed by atoms with Crippen molar-refractivity contribution in [3.63, 3.8) is 0 Å². The third kappa shape index (κ3) is 7.92. The van der Waals surface area contributed by atoms with E-state index in [1.807, 2.05) is 19.1 Å². The topological polar surface area (TPSA) is 37.4 Å². The molecule has 1 amide bonds. The molecule has 0 radical (unpaired) electrons. The van der Waals surface area contributed by atoms with Gasteiger partial charge < -0.3 is 4.90 Å². The molecule has 2 aromatic rings. The largest absolute Gasteiger partial charge is 0.339 e. The second-order valence-electron chi connectivity index (χ2n) is 11.3. The van der Waals surface area contributed by atoms with Gasteiger partial charge in [-0.2, -0.15) is 0 Å². The van der Waals surface area contributed by atoms with Crippen LogP contribution < -0.4 is 0 Å². The monoisotopic (exact) mass is 473 g/mol. The molecular formula is C32H43NO2. The summed E-state index contributed by atoms with van der Waals surface area (Å²) in [5.74, 6) is -0.102. The van der Waals surface area contributed by atoms with Crippen LogP contribution in [0.4, 0.5) is 0 Å². The van der Waals surface area contributed by atoms with Crippen molar-refractivity contribution in [3.05, 3.63) is 77.4 Å². The Morgan fingerprint density at radius 1 is 1.03 bits per heavy atom. The lowest BCUT2D eigenvalue weighted by atomic mass is 9.76. The Labute approximate surface area is 212 Å².